The standard InChI is InChI=1S/C23H28O5/c24-22(27-12-11-26-18-5-2-1-3-6-18)9-10-23(25)28-15-17-13-16-14-21(17)20-8-4-7-19(16)20/h1-3,5-6,9-10,16-17,19-21H,4,7-8,11-15H2/b10-9+. The van der Waals surface area contributed by atoms with Crippen molar-refractivity contribution in [3.05, 3.63) is 42.5 Å². The predicted octanol–water partition coefficient (Wildman–Crippen LogP) is 3.78. The fraction of sp³-hybridized carbons (Fsp3) is 0.565. The van der Waals surface area contributed by atoms with E-state index in [1.165, 1.54) is 32.1 Å². The summed E-state index contributed by atoms with van der Waals surface area (Å²) in [5.41, 5.74) is 0. The van der Waals surface area contributed by atoms with Gasteiger partial charge in [-0.05, 0) is 67.4 Å². The molecule has 3 saturated carbocycles. The zero-order valence-corrected chi connectivity index (χ0v) is 16.1. The molecule has 0 aromatic heterocycles. The van der Waals surface area contributed by atoms with E-state index < -0.39 is 11.9 Å². The van der Waals surface area contributed by atoms with E-state index in [1.807, 2.05) is 30.3 Å². The summed E-state index contributed by atoms with van der Waals surface area (Å²) in [4.78, 5) is 23.6. The maximum absolute atomic E-state index is 11.9. The van der Waals surface area contributed by atoms with Gasteiger partial charge in [0.25, 0.3) is 0 Å². The van der Waals surface area contributed by atoms with Crippen LogP contribution in [0.25, 0.3) is 0 Å². The van der Waals surface area contributed by atoms with Crippen LogP contribution in [0, 0.1) is 29.6 Å². The number of fused-ring (bicyclic) bond motifs is 5. The highest BCUT2D eigenvalue weighted by molar-refractivity contribution is 5.91. The Hall–Kier alpha value is -2.30. The van der Waals surface area contributed by atoms with Crippen molar-refractivity contribution in [2.75, 3.05) is 19.8 Å². The second kappa shape index (κ2) is 8.80. The van der Waals surface area contributed by atoms with E-state index in [-0.39, 0.29) is 13.2 Å². The highest BCUT2D eigenvalue weighted by Crippen LogP contribution is 2.60. The number of benzene rings is 1. The van der Waals surface area contributed by atoms with E-state index >= 15 is 0 Å². The van der Waals surface area contributed by atoms with Crippen molar-refractivity contribution in [1.29, 1.82) is 0 Å². The molecule has 5 nitrogen and oxygen atoms in total. The van der Waals surface area contributed by atoms with Crippen molar-refractivity contribution in [3.63, 3.8) is 0 Å². The molecular formula is C23H28O5. The van der Waals surface area contributed by atoms with Gasteiger partial charge in [0.1, 0.15) is 19.0 Å². The van der Waals surface area contributed by atoms with Crippen LogP contribution in [0.2, 0.25) is 0 Å². The lowest BCUT2D eigenvalue weighted by atomic mass is 9.76. The molecule has 0 aliphatic heterocycles. The first kappa shape index (κ1) is 19.0. The fourth-order valence-corrected chi connectivity index (χ4v) is 5.64. The molecule has 0 heterocycles. The van der Waals surface area contributed by atoms with E-state index in [0.29, 0.717) is 12.5 Å². The zero-order valence-electron chi connectivity index (χ0n) is 16.1. The zero-order chi connectivity index (χ0) is 19.3. The summed E-state index contributed by atoms with van der Waals surface area (Å²) in [7, 11) is 0. The number of rotatable bonds is 8. The molecular weight excluding hydrogens is 356 g/mol. The predicted molar refractivity (Wildman–Crippen MR) is 104 cm³/mol. The third-order valence-corrected chi connectivity index (χ3v) is 6.70. The maximum Gasteiger partial charge on any atom is 0.331 e. The topological polar surface area (TPSA) is 61.8 Å². The number of hydrogen-bond donors (Lipinski definition) is 0. The van der Waals surface area contributed by atoms with Crippen molar-refractivity contribution in [2.24, 2.45) is 29.6 Å². The van der Waals surface area contributed by atoms with Crippen molar-refractivity contribution in [3.8, 4) is 5.75 Å². The van der Waals surface area contributed by atoms with Gasteiger partial charge < -0.3 is 14.2 Å². The molecule has 4 rings (SSSR count). The van der Waals surface area contributed by atoms with E-state index in [0.717, 1.165) is 41.6 Å². The average Bonchev–Trinajstić information content (AvgIpc) is 3.42. The van der Waals surface area contributed by atoms with Crippen LogP contribution in [0.3, 0.4) is 0 Å². The van der Waals surface area contributed by atoms with Crippen LogP contribution in [0.1, 0.15) is 32.1 Å². The number of hydrogen-bond acceptors (Lipinski definition) is 5. The molecule has 5 heteroatoms. The number of carbonyl (C=O) groups is 2. The molecule has 3 fully saturated rings. The average molecular weight is 384 g/mol. The van der Waals surface area contributed by atoms with Gasteiger partial charge in [0, 0.05) is 12.2 Å². The Balaban J connectivity index is 1.11. The summed E-state index contributed by atoms with van der Waals surface area (Å²) in [6.45, 7) is 0.870. The van der Waals surface area contributed by atoms with Gasteiger partial charge in [0.2, 0.25) is 0 Å². The van der Waals surface area contributed by atoms with Gasteiger partial charge >= 0.3 is 11.9 Å². The summed E-state index contributed by atoms with van der Waals surface area (Å²) in [6.07, 6.45) is 8.94. The normalized spacial score (nSPS) is 30.4. The minimum atomic E-state index is -0.567. The molecule has 0 N–H and O–H groups in total. The summed E-state index contributed by atoms with van der Waals surface area (Å²) in [5, 5.41) is 0. The lowest BCUT2D eigenvalue weighted by Gasteiger charge is -2.31. The molecule has 150 valence electrons. The van der Waals surface area contributed by atoms with Crippen LogP contribution < -0.4 is 4.74 Å². The second-order valence-electron chi connectivity index (χ2n) is 8.21. The number of ether oxygens (including phenoxy) is 3. The van der Waals surface area contributed by atoms with E-state index in [9.17, 15) is 9.59 Å². The molecule has 0 radical (unpaired) electrons. The summed E-state index contributed by atoms with van der Waals surface area (Å²) >= 11 is 0. The SMILES string of the molecule is O=C(/C=C/C(=O)OCC1CC2CC1C1CCCC21)OCCOc1ccccc1. The van der Waals surface area contributed by atoms with Crippen LogP contribution in [0.15, 0.2) is 42.5 Å². The summed E-state index contributed by atoms with van der Waals surface area (Å²) in [6, 6.07) is 9.32. The first-order chi connectivity index (χ1) is 13.7. The fourth-order valence-electron chi connectivity index (χ4n) is 5.64. The lowest BCUT2D eigenvalue weighted by Crippen LogP contribution is -2.28. The smallest absolute Gasteiger partial charge is 0.331 e. The Labute approximate surface area is 166 Å². The van der Waals surface area contributed by atoms with Gasteiger partial charge in [0.15, 0.2) is 0 Å². The summed E-state index contributed by atoms with van der Waals surface area (Å²) < 4.78 is 15.9. The molecule has 28 heavy (non-hydrogen) atoms. The van der Waals surface area contributed by atoms with Crippen LogP contribution in [0.5, 0.6) is 5.75 Å². The van der Waals surface area contributed by atoms with Crippen LogP contribution in [0.4, 0.5) is 0 Å². The van der Waals surface area contributed by atoms with E-state index in [4.69, 9.17) is 14.2 Å². The van der Waals surface area contributed by atoms with Gasteiger partial charge in [-0.3, -0.25) is 0 Å². The molecule has 3 aliphatic carbocycles. The quantitative estimate of drug-likeness (QED) is 0.388. The molecule has 0 amide bonds. The summed E-state index contributed by atoms with van der Waals surface area (Å²) in [5.74, 6) is 3.59. The van der Waals surface area contributed by atoms with Crippen molar-refractivity contribution < 1.29 is 23.8 Å². The number of para-hydroxylation sites is 1. The van der Waals surface area contributed by atoms with Crippen molar-refractivity contribution >= 4 is 11.9 Å². The molecule has 2 bridgehead atoms. The largest absolute Gasteiger partial charge is 0.490 e. The third-order valence-electron chi connectivity index (χ3n) is 6.70. The van der Waals surface area contributed by atoms with Gasteiger partial charge in [-0.25, -0.2) is 9.59 Å². The molecule has 1 aromatic carbocycles. The Morgan fingerprint density at radius 1 is 0.893 bits per heavy atom. The van der Waals surface area contributed by atoms with E-state index in [2.05, 4.69) is 0 Å². The first-order valence-corrected chi connectivity index (χ1v) is 10.4. The Bertz CT molecular complexity index is 713. The highest BCUT2D eigenvalue weighted by Gasteiger charge is 2.53. The van der Waals surface area contributed by atoms with Crippen LogP contribution >= 0.6 is 0 Å². The Morgan fingerprint density at radius 3 is 2.46 bits per heavy atom. The monoisotopic (exact) mass is 384 g/mol. The highest BCUT2D eigenvalue weighted by atomic mass is 16.6. The molecule has 5 unspecified atom stereocenters. The molecule has 0 saturated heterocycles. The lowest BCUT2D eigenvalue weighted by molar-refractivity contribution is -0.142. The molecule has 1 aromatic rings. The van der Waals surface area contributed by atoms with Gasteiger partial charge in [-0.15, -0.1) is 0 Å². The number of carbonyl (C=O) groups excluding carboxylic acids is 2. The van der Waals surface area contributed by atoms with Crippen LogP contribution in [-0.4, -0.2) is 31.8 Å². The third kappa shape index (κ3) is 4.40. The van der Waals surface area contributed by atoms with Crippen molar-refractivity contribution in [1.82, 2.24) is 0 Å². The maximum atomic E-state index is 11.9. The van der Waals surface area contributed by atoms with E-state index in [1.54, 1.807) is 0 Å². The Kier molecular flexibility index (Phi) is 5.98. The number of esters is 2. The first-order valence-electron chi connectivity index (χ1n) is 10.4. The van der Waals surface area contributed by atoms with Crippen LogP contribution in [-0.2, 0) is 19.1 Å². The van der Waals surface area contributed by atoms with Gasteiger partial charge in [-0.1, -0.05) is 24.6 Å². The molecule has 5 atom stereocenters. The molecule has 3 aliphatic rings. The van der Waals surface area contributed by atoms with Crippen molar-refractivity contribution in [2.45, 2.75) is 32.1 Å². The van der Waals surface area contributed by atoms with Gasteiger partial charge in [-0.2, -0.15) is 0 Å². The Morgan fingerprint density at radius 2 is 1.64 bits per heavy atom. The minimum Gasteiger partial charge on any atom is -0.490 e. The van der Waals surface area contributed by atoms with Gasteiger partial charge in [0.05, 0.1) is 6.61 Å². The molecule has 0 spiro atoms. The second-order valence-corrected chi connectivity index (χ2v) is 8.21. The minimum absolute atomic E-state index is 0.126.